The van der Waals surface area contributed by atoms with Crippen LogP contribution in [-0.2, 0) is 10.2 Å². The van der Waals surface area contributed by atoms with Crippen LogP contribution in [0.4, 0.5) is 0 Å². The number of para-hydroxylation sites is 1. The Morgan fingerprint density at radius 3 is 2.52 bits per heavy atom. The molecule has 0 bridgehead atoms. The van der Waals surface area contributed by atoms with Crippen LogP contribution < -0.4 is 10.1 Å². The molecule has 0 radical (unpaired) electrons. The Labute approximate surface area is 125 Å². The first-order valence-electron chi connectivity index (χ1n) is 7.78. The summed E-state index contributed by atoms with van der Waals surface area (Å²) >= 11 is 0. The Morgan fingerprint density at radius 2 is 1.90 bits per heavy atom. The topological polar surface area (TPSA) is 58.6 Å². The minimum absolute atomic E-state index is 0.119. The molecule has 2 fully saturated rings. The van der Waals surface area contributed by atoms with Crippen LogP contribution >= 0.6 is 0 Å². The average molecular weight is 289 g/mol. The van der Waals surface area contributed by atoms with Crippen LogP contribution in [0, 0.1) is 0 Å². The van der Waals surface area contributed by atoms with E-state index in [0.29, 0.717) is 0 Å². The van der Waals surface area contributed by atoms with Gasteiger partial charge in [-0.2, -0.15) is 0 Å². The first kappa shape index (κ1) is 14.4. The quantitative estimate of drug-likeness (QED) is 0.893. The van der Waals surface area contributed by atoms with Crippen molar-refractivity contribution in [3.05, 3.63) is 29.8 Å². The minimum atomic E-state index is -0.400. The molecule has 0 saturated heterocycles. The summed E-state index contributed by atoms with van der Waals surface area (Å²) in [6, 6.07) is 8.00. The van der Waals surface area contributed by atoms with Gasteiger partial charge in [-0.1, -0.05) is 18.2 Å². The fraction of sp³-hybridized carbons (Fsp3) is 0.588. The second-order valence-corrected chi connectivity index (χ2v) is 6.26. The summed E-state index contributed by atoms with van der Waals surface area (Å²) in [4.78, 5) is 12.7. The van der Waals surface area contributed by atoms with E-state index in [0.717, 1.165) is 49.8 Å². The molecule has 21 heavy (non-hydrogen) atoms. The van der Waals surface area contributed by atoms with Crippen LogP contribution in [0.2, 0.25) is 0 Å². The molecule has 3 rings (SSSR count). The van der Waals surface area contributed by atoms with E-state index >= 15 is 0 Å². The molecular formula is C17H23NO3. The number of hydrogen-bond acceptors (Lipinski definition) is 3. The molecule has 0 aliphatic heterocycles. The predicted octanol–water partition coefficient (Wildman–Crippen LogP) is 2.15. The molecule has 2 aliphatic carbocycles. The molecule has 0 aromatic heterocycles. The zero-order chi connectivity index (χ0) is 14.9. The van der Waals surface area contributed by atoms with Crippen molar-refractivity contribution >= 4 is 5.91 Å². The highest BCUT2D eigenvalue weighted by atomic mass is 16.5. The highest BCUT2D eigenvalue weighted by Crippen LogP contribution is 2.51. The van der Waals surface area contributed by atoms with Gasteiger partial charge in [0.25, 0.3) is 0 Å². The van der Waals surface area contributed by atoms with Gasteiger partial charge in [-0.3, -0.25) is 4.79 Å². The maximum atomic E-state index is 12.7. The van der Waals surface area contributed by atoms with Gasteiger partial charge >= 0.3 is 0 Å². The molecule has 4 heteroatoms. The summed E-state index contributed by atoms with van der Waals surface area (Å²) in [6.07, 6.45) is 4.88. The SMILES string of the molecule is COc1ccccc1C1(C(=O)NC2CCC(O)CC2)CC1. The molecule has 114 valence electrons. The van der Waals surface area contributed by atoms with E-state index in [1.807, 2.05) is 24.3 Å². The van der Waals surface area contributed by atoms with Crippen molar-refractivity contribution in [3.63, 3.8) is 0 Å². The van der Waals surface area contributed by atoms with Gasteiger partial charge in [0.15, 0.2) is 0 Å². The molecule has 0 spiro atoms. The standard InChI is InChI=1S/C17H23NO3/c1-21-15-5-3-2-4-14(15)17(10-11-17)16(20)18-12-6-8-13(19)9-7-12/h2-5,12-13,19H,6-11H2,1H3,(H,18,20). The van der Waals surface area contributed by atoms with Crippen LogP contribution in [0.1, 0.15) is 44.1 Å². The van der Waals surface area contributed by atoms with Crippen LogP contribution in [0.25, 0.3) is 0 Å². The number of hydrogen-bond donors (Lipinski definition) is 2. The van der Waals surface area contributed by atoms with Crippen LogP contribution in [0.5, 0.6) is 5.75 Å². The number of rotatable bonds is 4. The van der Waals surface area contributed by atoms with E-state index in [-0.39, 0.29) is 18.1 Å². The Morgan fingerprint density at radius 1 is 1.24 bits per heavy atom. The fourth-order valence-corrected chi connectivity index (χ4v) is 3.33. The molecule has 1 amide bonds. The number of methoxy groups -OCH3 is 1. The van der Waals surface area contributed by atoms with Gasteiger partial charge in [0.05, 0.1) is 18.6 Å². The summed E-state index contributed by atoms with van der Waals surface area (Å²) in [5, 5.41) is 12.7. The van der Waals surface area contributed by atoms with Crippen LogP contribution in [0.3, 0.4) is 0 Å². The van der Waals surface area contributed by atoms with Crippen LogP contribution in [0.15, 0.2) is 24.3 Å². The molecule has 1 aromatic carbocycles. The van der Waals surface area contributed by atoms with Crippen molar-refractivity contribution in [2.75, 3.05) is 7.11 Å². The van der Waals surface area contributed by atoms with Gasteiger partial charge in [0, 0.05) is 11.6 Å². The lowest BCUT2D eigenvalue weighted by Crippen LogP contribution is -2.43. The van der Waals surface area contributed by atoms with E-state index in [1.54, 1.807) is 7.11 Å². The minimum Gasteiger partial charge on any atom is -0.496 e. The molecule has 2 aliphatic rings. The maximum Gasteiger partial charge on any atom is 0.231 e. The number of aliphatic hydroxyl groups excluding tert-OH is 1. The Kier molecular flexibility index (Phi) is 3.89. The Bertz CT molecular complexity index is 517. The number of benzene rings is 1. The summed E-state index contributed by atoms with van der Waals surface area (Å²) in [5.41, 5.74) is 0.601. The highest BCUT2D eigenvalue weighted by molar-refractivity contribution is 5.92. The lowest BCUT2D eigenvalue weighted by atomic mass is 9.90. The summed E-state index contributed by atoms with van der Waals surface area (Å²) in [5.74, 6) is 0.914. The molecule has 1 aromatic rings. The summed E-state index contributed by atoms with van der Waals surface area (Å²) < 4.78 is 5.41. The second-order valence-electron chi connectivity index (χ2n) is 6.26. The first-order chi connectivity index (χ1) is 10.2. The van der Waals surface area contributed by atoms with E-state index in [4.69, 9.17) is 4.74 Å². The lowest BCUT2D eigenvalue weighted by Gasteiger charge is -2.28. The van der Waals surface area contributed by atoms with Crippen molar-refractivity contribution in [1.82, 2.24) is 5.32 Å². The zero-order valence-corrected chi connectivity index (χ0v) is 12.5. The Hall–Kier alpha value is -1.55. The Balaban J connectivity index is 1.72. The molecule has 2 N–H and O–H groups in total. The second kappa shape index (κ2) is 5.68. The van der Waals surface area contributed by atoms with Gasteiger partial charge in [0.2, 0.25) is 5.91 Å². The van der Waals surface area contributed by atoms with Crippen molar-refractivity contribution in [3.8, 4) is 5.75 Å². The molecule has 0 heterocycles. The number of ether oxygens (including phenoxy) is 1. The van der Waals surface area contributed by atoms with E-state index in [9.17, 15) is 9.90 Å². The highest BCUT2D eigenvalue weighted by Gasteiger charge is 2.53. The van der Waals surface area contributed by atoms with Crippen molar-refractivity contribution in [2.45, 2.75) is 56.1 Å². The van der Waals surface area contributed by atoms with Gasteiger partial charge in [-0.05, 0) is 44.6 Å². The number of carbonyl (C=O) groups excluding carboxylic acids is 1. The largest absolute Gasteiger partial charge is 0.496 e. The molecular weight excluding hydrogens is 266 g/mol. The third kappa shape index (κ3) is 2.77. The molecule has 4 nitrogen and oxygen atoms in total. The number of amides is 1. The van der Waals surface area contributed by atoms with Crippen molar-refractivity contribution in [1.29, 1.82) is 0 Å². The smallest absolute Gasteiger partial charge is 0.231 e. The van der Waals surface area contributed by atoms with Crippen molar-refractivity contribution in [2.24, 2.45) is 0 Å². The fourth-order valence-electron chi connectivity index (χ4n) is 3.33. The molecule has 0 atom stereocenters. The predicted molar refractivity (Wildman–Crippen MR) is 80.3 cm³/mol. The molecule has 0 unspecified atom stereocenters. The number of nitrogens with one attached hydrogen (secondary N) is 1. The normalized spacial score (nSPS) is 27.0. The van der Waals surface area contributed by atoms with Crippen molar-refractivity contribution < 1.29 is 14.6 Å². The van der Waals surface area contributed by atoms with Gasteiger partial charge in [-0.25, -0.2) is 0 Å². The average Bonchev–Trinajstić information content (AvgIpc) is 3.31. The summed E-state index contributed by atoms with van der Waals surface area (Å²) in [6.45, 7) is 0. The molecule has 2 saturated carbocycles. The lowest BCUT2D eigenvalue weighted by molar-refractivity contribution is -0.124. The maximum absolute atomic E-state index is 12.7. The van der Waals surface area contributed by atoms with Crippen LogP contribution in [-0.4, -0.2) is 30.3 Å². The van der Waals surface area contributed by atoms with Gasteiger partial charge in [0.1, 0.15) is 5.75 Å². The van der Waals surface area contributed by atoms with E-state index in [2.05, 4.69) is 5.32 Å². The third-order valence-corrected chi connectivity index (χ3v) is 4.84. The zero-order valence-electron chi connectivity index (χ0n) is 12.5. The third-order valence-electron chi connectivity index (χ3n) is 4.84. The summed E-state index contributed by atoms with van der Waals surface area (Å²) in [7, 11) is 1.65. The first-order valence-corrected chi connectivity index (χ1v) is 7.78. The van der Waals surface area contributed by atoms with E-state index < -0.39 is 5.41 Å². The van der Waals surface area contributed by atoms with E-state index in [1.165, 1.54) is 0 Å². The monoisotopic (exact) mass is 289 g/mol. The number of carbonyl (C=O) groups is 1. The van der Waals surface area contributed by atoms with Gasteiger partial charge in [-0.15, -0.1) is 0 Å². The number of aliphatic hydroxyl groups is 1. The van der Waals surface area contributed by atoms with Gasteiger partial charge < -0.3 is 15.2 Å².